The number of amides is 3. The second kappa shape index (κ2) is 10.7. The molecule has 3 amide bonds. The van der Waals surface area contributed by atoms with Crippen molar-refractivity contribution in [2.75, 3.05) is 0 Å². The van der Waals surface area contributed by atoms with Gasteiger partial charge in [-0.25, -0.2) is 0 Å². The Hall–Kier alpha value is -3.35. The van der Waals surface area contributed by atoms with Gasteiger partial charge in [0.1, 0.15) is 5.75 Å². The fraction of sp³-hybridized carbons (Fsp3) is 0.286. The van der Waals surface area contributed by atoms with Crippen LogP contribution in [0, 0.1) is 6.92 Å². The first kappa shape index (κ1) is 21.0. The highest BCUT2D eigenvalue weighted by Crippen LogP contribution is 2.17. The highest BCUT2D eigenvalue weighted by atomic mass is 16.5. The van der Waals surface area contributed by atoms with Gasteiger partial charge < -0.3 is 10.1 Å². The smallest absolute Gasteiger partial charge is 0.279 e. The van der Waals surface area contributed by atoms with E-state index < -0.39 is 17.9 Å². The molecule has 0 fully saturated rings. The number of carbonyl (C=O) groups is 3. The minimum Gasteiger partial charge on any atom is -0.481 e. The van der Waals surface area contributed by atoms with Crippen molar-refractivity contribution in [1.82, 2.24) is 16.2 Å². The molecule has 7 nitrogen and oxygen atoms in total. The van der Waals surface area contributed by atoms with Crippen LogP contribution < -0.4 is 20.9 Å². The third-order valence-electron chi connectivity index (χ3n) is 4.00. The number of nitrogens with one attached hydrogen (secondary N) is 3. The van der Waals surface area contributed by atoms with E-state index >= 15 is 0 Å². The van der Waals surface area contributed by atoms with Crippen LogP contribution in [-0.2, 0) is 20.9 Å². The number of ether oxygens (including phenoxy) is 1. The van der Waals surface area contributed by atoms with Gasteiger partial charge in [0.25, 0.3) is 5.91 Å². The van der Waals surface area contributed by atoms with E-state index in [0.717, 1.165) is 11.1 Å². The first-order valence-corrected chi connectivity index (χ1v) is 9.07. The average Bonchev–Trinajstić information content (AvgIpc) is 2.71. The first-order valence-electron chi connectivity index (χ1n) is 9.07. The van der Waals surface area contributed by atoms with Crippen LogP contribution in [0.5, 0.6) is 5.75 Å². The molecule has 0 spiro atoms. The molecular formula is C21H25N3O4. The van der Waals surface area contributed by atoms with Gasteiger partial charge in [0.2, 0.25) is 11.8 Å². The number of carbonyl (C=O) groups excluding carboxylic acids is 3. The molecule has 2 aromatic rings. The quantitative estimate of drug-likeness (QED) is 0.608. The zero-order valence-corrected chi connectivity index (χ0v) is 16.0. The van der Waals surface area contributed by atoms with Gasteiger partial charge in [-0.05, 0) is 31.0 Å². The minimum absolute atomic E-state index is 0.0315. The second-order valence-corrected chi connectivity index (χ2v) is 6.33. The third-order valence-corrected chi connectivity index (χ3v) is 4.00. The monoisotopic (exact) mass is 383 g/mol. The molecule has 0 heterocycles. The summed E-state index contributed by atoms with van der Waals surface area (Å²) in [6.45, 7) is 3.88. The molecule has 0 aromatic heterocycles. The van der Waals surface area contributed by atoms with Crippen LogP contribution in [-0.4, -0.2) is 23.8 Å². The minimum atomic E-state index is -0.782. The number of hydrogen-bond acceptors (Lipinski definition) is 4. The Morgan fingerprint density at radius 2 is 1.54 bits per heavy atom. The summed E-state index contributed by atoms with van der Waals surface area (Å²) >= 11 is 0. The molecular weight excluding hydrogens is 358 g/mol. The van der Waals surface area contributed by atoms with E-state index in [2.05, 4.69) is 16.2 Å². The molecule has 0 saturated heterocycles. The molecule has 28 heavy (non-hydrogen) atoms. The van der Waals surface area contributed by atoms with Crippen molar-refractivity contribution in [2.45, 2.75) is 39.3 Å². The van der Waals surface area contributed by atoms with Crippen LogP contribution in [0.3, 0.4) is 0 Å². The van der Waals surface area contributed by atoms with Crippen LogP contribution in [0.2, 0.25) is 0 Å². The van der Waals surface area contributed by atoms with Crippen molar-refractivity contribution < 1.29 is 19.1 Å². The second-order valence-electron chi connectivity index (χ2n) is 6.33. The van der Waals surface area contributed by atoms with Gasteiger partial charge in [-0.15, -0.1) is 0 Å². The summed E-state index contributed by atoms with van der Waals surface area (Å²) in [4.78, 5) is 35.6. The van der Waals surface area contributed by atoms with Crippen LogP contribution >= 0.6 is 0 Å². The Kier molecular flexibility index (Phi) is 8.02. The molecule has 0 radical (unpaired) electrons. The van der Waals surface area contributed by atoms with E-state index in [9.17, 15) is 14.4 Å². The highest BCUT2D eigenvalue weighted by molar-refractivity contribution is 5.86. The summed E-state index contributed by atoms with van der Waals surface area (Å²) in [5.41, 5.74) is 6.49. The van der Waals surface area contributed by atoms with Gasteiger partial charge in [0, 0.05) is 19.4 Å². The summed E-state index contributed by atoms with van der Waals surface area (Å²) in [5, 5.41) is 2.74. The van der Waals surface area contributed by atoms with Gasteiger partial charge in [0.15, 0.2) is 6.10 Å². The van der Waals surface area contributed by atoms with Crippen molar-refractivity contribution in [3.05, 3.63) is 65.7 Å². The lowest BCUT2D eigenvalue weighted by Crippen LogP contribution is -2.47. The number of benzene rings is 2. The summed E-state index contributed by atoms with van der Waals surface area (Å²) in [7, 11) is 0. The van der Waals surface area contributed by atoms with E-state index in [4.69, 9.17) is 4.74 Å². The number of hydrazine groups is 1. The maximum absolute atomic E-state index is 12.0. The number of para-hydroxylation sites is 1. The van der Waals surface area contributed by atoms with Gasteiger partial charge in [-0.1, -0.05) is 48.5 Å². The highest BCUT2D eigenvalue weighted by Gasteiger charge is 2.16. The summed E-state index contributed by atoms with van der Waals surface area (Å²) < 4.78 is 5.58. The molecule has 0 aliphatic heterocycles. The molecule has 3 N–H and O–H groups in total. The lowest BCUT2D eigenvalue weighted by Gasteiger charge is -2.16. The Balaban J connectivity index is 1.65. The van der Waals surface area contributed by atoms with Crippen molar-refractivity contribution >= 4 is 17.7 Å². The largest absolute Gasteiger partial charge is 0.481 e. The molecule has 1 unspecified atom stereocenters. The zero-order valence-electron chi connectivity index (χ0n) is 16.0. The molecule has 148 valence electrons. The van der Waals surface area contributed by atoms with Gasteiger partial charge >= 0.3 is 0 Å². The van der Waals surface area contributed by atoms with E-state index in [1.54, 1.807) is 13.0 Å². The SMILES string of the molecule is Cc1ccccc1OC(C)C(=O)NNC(=O)CCC(=O)NCc1ccccc1. The molecule has 0 saturated carbocycles. The molecule has 0 aliphatic rings. The van der Waals surface area contributed by atoms with Crippen LogP contribution in [0.1, 0.15) is 30.9 Å². The van der Waals surface area contributed by atoms with E-state index in [-0.39, 0.29) is 18.7 Å². The van der Waals surface area contributed by atoms with Crippen molar-refractivity contribution in [3.63, 3.8) is 0 Å². The Morgan fingerprint density at radius 1 is 0.893 bits per heavy atom. The lowest BCUT2D eigenvalue weighted by molar-refractivity contribution is -0.133. The van der Waals surface area contributed by atoms with E-state index in [1.807, 2.05) is 55.5 Å². The number of rotatable bonds is 8. The molecule has 1 atom stereocenters. The van der Waals surface area contributed by atoms with Gasteiger partial charge in [-0.3, -0.25) is 25.2 Å². The normalized spacial score (nSPS) is 11.2. The summed E-state index contributed by atoms with van der Waals surface area (Å²) in [6.07, 6.45) is -0.784. The van der Waals surface area contributed by atoms with E-state index in [0.29, 0.717) is 12.3 Å². The number of hydrogen-bond donors (Lipinski definition) is 3. The maximum atomic E-state index is 12.0. The predicted molar refractivity (Wildman–Crippen MR) is 105 cm³/mol. The van der Waals surface area contributed by atoms with Gasteiger partial charge in [0.05, 0.1) is 0 Å². The van der Waals surface area contributed by atoms with Crippen LogP contribution in [0.15, 0.2) is 54.6 Å². The summed E-state index contributed by atoms with van der Waals surface area (Å²) in [6, 6.07) is 16.8. The Bertz CT molecular complexity index is 808. The average molecular weight is 383 g/mol. The third kappa shape index (κ3) is 7.11. The Labute approximate surface area is 164 Å². The van der Waals surface area contributed by atoms with Crippen molar-refractivity contribution in [2.24, 2.45) is 0 Å². The fourth-order valence-electron chi connectivity index (χ4n) is 2.34. The number of aryl methyl sites for hydroxylation is 1. The lowest BCUT2D eigenvalue weighted by atomic mass is 10.2. The molecule has 2 rings (SSSR count). The van der Waals surface area contributed by atoms with Crippen molar-refractivity contribution in [1.29, 1.82) is 0 Å². The summed E-state index contributed by atoms with van der Waals surface area (Å²) in [5.74, 6) is -0.565. The van der Waals surface area contributed by atoms with Gasteiger partial charge in [-0.2, -0.15) is 0 Å². The van der Waals surface area contributed by atoms with E-state index in [1.165, 1.54) is 0 Å². The van der Waals surface area contributed by atoms with Crippen molar-refractivity contribution in [3.8, 4) is 5.75 Å². The molecule has 0 bridgehead atoms. The topological polar surface area (TPSA) is 96.5 Å². The standard InChI is InChI=1S/C21H25N3O4/c1-15-8-6-7-11-18(15)28-16(2)21(27)24-23-20(26)13-12-19(25)22-14-17-9-4-3-5-10-17/h3-11,16H,12-14H2,1-2H3,(H,22,25)(H,23,26)(H,24,27). The molecule has 0 aliphatic carbocycles. The molecule has 2 aromatic carbocycles. The first-order chi connectivity index (χ1) is 13.5. The molecule has 7 heteroatoms. The predicted octanol–water partition coefficient (Wildman–Crippen LogP) is 2.01. The fourth-order valence-corrected chi connectivity index (χ4v) is 2.34. The van der Waals surface area contributed by atoms with Crippen LogP contribution in [0.4, 0.5) is 0 Å². The maximum Gasteiger partial charge on any atom is 0.279 e. The van der Waals surface area contributed by atoms with Crippen LogP contribution in [0.25, 0.3) is 0 Å². The zero-order chi connectivity index (χ0) is 20.4. The Morgan fingerprint density at radius 3 is 2.25 bits per heavy atom.